The molecule has 4 rings (SSSR count). The molecule has 0 bridgehead atoms. The highest BCUT2D eigenvalue weighted by atomic mass is 16.5. The Bertz CT molecular complexity index is 1260. The zero-order chi connectivity index (χ0) is 25.1. The van der Waals surface area contributed by atoms with Crippen LogP contribution in [0.3, 0.4) is 0 Å². The second kappa shape index (κ2) is 9.93. The number of ether oxygens (including phenoxy) is 1. The first-order chi connectivity index (χ1) is 16.9. The normalized spacial score (nSPS) is 17.0. The topological polar surface area (TPSA) is 90.3 Å². The van der Waals surface area contributed by atoms with Crippen LogP contribution in [0.5, 0.6) is 11.5 Å². The molecule has 0 spiro atoms. The molecule has 1 fully saturated rings. The Morgan fingerprint density at radius 2 is 1.63 bits per heavy atom. The number of amides is 1. The molecule has 7 nitrogen and oxygen atoms in total. The largest absolute Gasteiger partial charge is 0.508 e. The monoisotopic (exact) mass is 472 g/mol. The minimum absolute atomic E-state index is 0.00517. The van der Waals surface area contributed by atoms with Gasteiger partial charge in [0.2, 0.25) is 0 Å². The van der Waals surface area contributed by atoms with Gasteiger partial charge in [0, 0.05) is 30.0 Å². The summed E-state index contributed by atoms with van der Waals surface area (Å²) in [5, 5.41) is 21.3. The van der Waals surface area contributed by atoms with Crippen molar-refractivity contribution in [2.75, 3.05) is 30.0 Å². The lowest BCUT2D eigenvalue weighted by Gasteiger charge is -2.27. The molecule has 3 aromatic carbocycles. The van der Waals surface area contributed by atoms with Gasteiger partial charge in [-0.15, -0.1) is 0 Å². The first-order valence-corrected chi connectivity index (χ1v) is 11.5. The number of aliphatic hydroxyl groups excluding tert-OH is 1. The molecule has 1 amide bonds. The van der Waals surface area contributed by atoms with E-state index in [1.54, 1.807) is 48.5 Å². The fourth-order valence-electron chi connectivity index (χ4n) is 4.43. The number of hydrogen-bond acceptors (Lipinski definition) is 6. The Morgan fingerprint density at radius 1 is 0.971 bits per heavy atom. The second-order valence-corrected chi connectivity index (χ2v) is 8.18. The van der Waals surface area contributed by atoms with Crippen molar-refractivity contribution in [3.63, 3.8) is 0 Å². The smallest absolute Gasteiger partial charge is 0.300 e. The van der Waals surface area contributed by atoms with Crippen molar-refractivity contribution < 1.29 is 24.5 Å². The highest BCUT2D eigenvalue weighted by Gasteiger charge is 2.47. The fraction of sp³-hybridized carbons (Fsp3) is 0.214. The van der Waals surface area contributed by atoms with Gasteiger partial charge in [-0.05, 0) is 80.1 Å². The van der Waals surface area contributed by atoms with E-state index >= 15 is 0 Å². The van der Waals surface area contributed by atoms with Gasteiger partial charge in [0.1, 0.15) is 17.3 Å². The number of carbonyl (C=O) groups excluding carboxylic acids is 2. The van der Waals surface area contributed by atoms with Gasteiger partial charge >= 0.3 is 0 Å². The molecule has 1 aliphatic rings. The Hall–Kier alpha value is -4.26. The number of nitrogens with zero attached hydrogens (tertiary/aromatic N) is 2. The number of anilines is 2. The summed E-state index contributed by atoms with van der Waals surface area (Å²) in [6, 6.07) is 19.4. The van der Waals surface area contributed by atoms with E-state index in [1.165, 1.54) is 24.1 Å². The lowest BCUT2D eigenvalue weighted by molar-refractivity contribution is -0.132. The van der Waals surface area contributed by atoms with E-state index in [4.69, 9.17) is 4.74 Å². The predicted molar refractivity (Wildman–Crippen MR) is 136 cm³/mol. The van der Waals surface area contributed by atoms with Crippen LogP contribution in [0, 0.1) is 0 Å². The van der Waals surface area contributed by atoms with E-state index in [1.807, 2.05) is 12.1 Å². The molecule has 1 unspecified atom stereocenters. The van der Waals surface area contributed by atoms with Crippen LogP contribution in [0.1, 0.15) is 31.0 Å². The minimum atomic E-state index is -0.913. The van der Waals surface area contributed by atoms with Crippen LogP contribution in [0.25, 0.3) is 5.76 Å². The van der Waals surface area contributed by atoms with Crippen molar-refractivity contribution in [3.05, 3.63) is 89.5 Å². The summed E-state index contributed by atoms with van der Waals surface area (Å²) in [7, 11) is 1.54. The molecule has 1 atom stereocenters. The Kier molecular flexibility index (Phi) is 6.78. The van der Waals surface area contributed by atoms with Crippen molar-refractivity contribution in [1.29, 1.82) is 0 Å². The van der Waals surface area contributed by atoms with Crippen LogP contribution >= 0.6 is 0 Å². The van der Waals surface area contributed by atoms with Crippen LogP contribution in [0.2, 0.25) is 0 Å². The Morgan fingerprint density at radius 3 is 2.20 bits per heavy atom. The Labute approximate surface area is 204 Å². The van der Waals surface area contributed by atoms with Crippen LogP contribution in [0.4, 0.5) is 11.4 Å². The van der Waals surface area contributed by atoms with Crippen LogP contribution in [0.15, 0.2) is 78.4 Å². The zero-order valence-electron chi connectivity index (χ0n) is 19.9. The summed E-state index contributed by atoms with van der Waals surface area (Å²) in [6.45, 7) is 5.81. The van der Waals surface area contributed by atoms with Crippen molar-refractivity contribution in [2.45, 2.75) is 19.9 Å². The van der Waals surface area contributed by atoms with Gasteiger partial charge in [0.15, 0.2) is 0 Å². The number of phenolic OH excluding ortho intramolecular Hbond substituents is 1. The number of phenols is 1. The summed E-state index contributed by atoms with van der Waals surface area (Å²) in [4.78, 5) is 30.1. The number of methoxy groups -OCH3 is 1. The summed E-state index contributed by atoms with van der Waals surface area (Å²) < 4.78 is 5.18. The lowest BCUT2D eigenvalue weighted by Crippen LogP contribution is -2.29. The van der Waals surface area contributed by atoms with E-state index in [0.717, 1.165) is 18.8 Å². The number of benzene rings is 3. The zero-order valence-corrected chi connectivity index (χ0v) is 19.9. The van der Waals surface area contributed by atoms with Gasteiger partial charge < -0.3 is 19.8 Å². The first kappa shape index (κ1) is 23.9. The van der Waals surface area contributed by atoms with E-state index in [2.05, 4.69) is 18.7 Å². The van der Waals surface area contributed by atoms with Crippen molar-refractivity contribution >= 4 is 28.8 Å². The summed E-state index contributed by atoms with van der Waals surface area (Å²) in [6.07, 6.45) is 0. The van der Waals surface area contributed by atoms with Gasteiger partial charge in [-0.25, -0.2) is 0 Å². The van der Waals surface area contributed by atoms with Gasteiger partial charge in [0.25, 0.3) is 11.7 Å². The quantitative estimate of drug-likeness (QED) is 0.290. The van der Waals surface area contributed by atoms with E-state index in [-0.39, 0.29) is 17.1 Å². The molecule has 0 aromatic heterocycles. The van der Waals surface area contributed by atoms with E-state index in [9.17, 15) is 19.8 Å². The maximum atomic E-state index is 13.3. The third-order valence-corrected chi connectivity index (χ3v) is 6.25. The third kappa shape index (κ3) is 4.45. The molecule has 7 heteroatoms. The molecule has 2 N–H and O–H groups in total. The molecule has 0 radical (unpaired) electrons. The second-order valence-electron chi connectivity index (χ2n) is 8.18. The molecular weight excluding hydrogens is 444 g/mol. The van der Waals surface area contributed by atoms with Crippen LogP contribution in [-0.2, 0) is 9.59 Å². The number of carbonyl (C=O) groups is 2. The summed E-state index contributed by atoms with van der Waals surface area (Å²) >= 11 is 0. The number of hydrogen-bond donors (Lipinski definition) is 2. The molecular formula is C28H28N2O5. The highest BCUT2D eigenvalue weighted by molar-refractivity contribution is 6.51. The van der Waals surface area contributed by atoms with Gasteiger partial charge in [-0.2, -0.15) is 0 Å². The van der Waals surface area contributed by atoms with Crippen molar-refractivity contribution in [1.82, 2.24) is 0 Å². The average molecular weight is 473 g/mol. The molecule has 35 heavy (non-hydrogen) atoms. The van der Waals surface area contributed by atoms with E-state index < -0.39 is 17.7 Å². The van der Waals surface area contributed by atoms with Crippen LogP contribution in [-0.4, -0.2) is 42.1 Å². The van der Waals surface area contributed by atoms with E-state index in [0.29, 0.717) is 22.6 Å². The number of ketones is 1. The SMILES string of the molecule is CCN(CC)c1ccc(N2C(=O)C(=O)/C(=C(\O)c3ccc(OC)cc3)C2c2cccc(O)c2)cc1. The molecule has 1 saturated heterocycles. The predicted octanol–water partition coefficient (Wildman–Crippen LogP) is 4.87. The number of Topliss-reactive ketones (excluding diaryl/α,β-unsaturated/α-hetero) is 1. The summed E-state index contributed by atoms with van der Waals surface area (Å²) in [5.41, 5.74) is 2.36. The van der Waals surface area contributed by atoms with Crippen molar-refractivity contribution in [3.8, 4) is 11.5 Å². The highest BCUT2D eigenvalue weighted by Crippen LogP contribution is 2.43. The molecule has 0 aliphatic carbocycles. The van der Waals surface area contributed by atoms with Gasteiger partial charge in [0.05, 0.1) is 18.7 Å². The van der Waals surface area contributed by atoms with Crippen molar-refractivity contribution in [2.24, 2.45) is 0 Å². The molecule has 1 heterocycles. The van der Waals surface area contributed by atoms with Gasteiger partial charge in [-0.3, -0.25) is 14.5 Å². The lowest BCUT2D eigenvalue weighted by atomic mass is 9.95. The molecule has 180 valence electrons. The van der Waals surface area contributed by atoms with Crippen LogP contribution < -0.4 is 14.5 Å². The maximum Gasteiger partial charge on any atom is 0.300 e. The Balaban J connectivity index is 1.86. The minimum Gasteiger partial charge on any atom is -0.508 e. The summed E-state index contributed by atoms with van der Waals surface area (Å²) in [5.74, 6) is -1.24. The average Bonchev–Trinajstić information content (AvgIpc) is 3.15. The van der Waals surface area contributed by atoms with Gasteiger partial charge in [-0.1, -0.05) is 12.1 Å². The fourth-order valence-corrected chi connectivity index (χ4v) is 4.43. The maximum absolute atomic E-state index is 13.3. The molecule has 1 aliphatic heterocycles. The first-order valence-electron chi connectivity index (χ1n) is 11.5. The standard InChI is InChI=1S/C28H28N2O5/c1-4-29(5-2)20-11-13-21(14-12-20)30-25(19-7-6-8-22(31)17-19)24(27(33)28(30)34)26(32)18-9-15-23(35-3)16-10-18/h6-17,25,31-32H,4-5H2,1-3H3/b26-24-. The number of aromatic hydroxyl groups is 1. The number of rotatable bonds is 7. The molecule has 3 aromatic rings. The number of aliphatic hydroxyl groups is 1. The molecule has 0 saturated carbocycles. The third-order valence-electron chi connectivity index (χ3n) is 6.25.